The Hall–Kier alpha value is -1.18. The fourth-order valence-electron chi connectivity index (χ4n) is 1.60. The molecule has 1 atom stereocenters. The summed E-state index contributed by atoms with van der Waals surface area (Å²) in [7, 11) is 0. The maximum atomic E-state index is 12.6. The molecule has 0 spiro atoms. The first-order valence-electron chi connectivity index (χ1n) is 4.52. The number of halogens is 1. The number of hydrogen-bond acceptors (Lipinski definition) is 1. The quantitative estimate of drug-likeness (QED) is 0.650. The Morgan fingerprint density at radius 2 is 1.92 bits per heavy atom. The molecule has 1 nitrogen and oxygen atoms in total. The van der Waals surface area contributed by atoms with Crippen molar-refractivity contribution in [3.63, 3.8) is 0 Å². The fourth-order valence-corrected chi connectivity index (χ4v) is 1.60. The number of aldehydes is 1. The van der Waals surface area contributed by atoms with Crippen LogP contribution >= 0.6 is 0 Å². The normalized spacial score (nSPS) is 18.2. The van der Waals surface area contributed by atoms with Crippen molar-refractivity contribution < 1.29 is 9.18 Å². The Morgan fingerprint density at radius 1 is 1.31 bits per heavy atom. The third-order valence-corrected chi connectivity index (χ3v) is 2.53. The van der Waals surface area contributed by atoms with Crippen molar-refractivity contribution in [2.45, 2.75) is 18.8 Å². The minimum atomic E-state index is -0.246. The average Bonchev–Trinajstić information content (AvgIpc) is 2.93. The van der Waals surface area contributed by atoms with E-state index in [0.717, 1.165) is 24.7 Å². The van der Waals surface area contributed by atoms with E-state index in [1.807, 2.05) is 0 Å². The van der Waals surface area contributed by atoms with Crippen LogP contribution in [0.15, 0.2) is 24.3 Å². The predicted octanol–water partition coefficient (Wildman–Crippen LogP) is 2.52. The van der Waals surface area contributed by atoms with Gasteiger partial charge in [0.25, 0.3) is 0 Å². The molecule has 68 valence electrons. The lowest BCUT2D eigenvalue weighted by atomic mass is 9.96. The summed E-state index contributed by atoms with van der Waals surface area (Å²) in [6.07, 6.45) is 3.23. The minimum Gasteiger partial charge on any atom is -0.303 e. The van der Waals surface area contributed by atoms with Gasteiger partial charge < -0.3 is 4.79 Å². The molecule has 1 aromatic rings. The highest BCUT2D eigenvalue weighted by atomic mass is 19.1. The van der Waals surface area contributed by atoms with Gasteiger partial charge in [0, 0.05) is 5.92 Å². The van der Waals surface area contributed by atoms with Gasteiger partial charge in [0.2, 0.25) is 0 Å². The summed E-state index contributed by atoms with van der Waals surface area (Å²) in [6, 6.07) is 6.22. The van der Waals surface area contributed by atoms with Crippen LogP contribution in [0.4, 0.5) is 4.39 Å². The lowest BCUT2D eigenvalue weighted by Crippen LogP contribution is -2.02. The van der Waals surface area contributed by atoms with Crippen LogP contribution in [0.25, 0.3) is 0 Å². The van der Waals surface area contributed by atoms with E-state index >= 15 is 0 Å². The topological polar surface area (TPSA) is 17.1 Å². The maximum absolute atomic E-state index is 12.6. The number of carbonyl (C=O) groups excluding carboxylic acids is 1. The zero-order chi connectivity index (χ0) is 9.26. The fraction of sp³-hybridized carbons (Fsp3) is 0.364. The molecule has 1 aliphatic rings. The molecule has 1 fully saturated rings. The smallest absolute Gasteiger partial charge is 0.127 e. The summed E-state index contributed by atoms with van der Waals surface area (Å²) in [5.41, 5.74) is 0.943. The molecule has 1 aromatic carbocycles. The molecule has 2 rings (SSSR count). The molecule has 1 unspecified atom stereocenters. The van der Waals surface area contributed by atoms with Gasteiger partial charge in [0.05, 0.1) is 0 Å². The summed E-state index contributed by atoms with van der Waals surface area (Å²) in [6.45, 7) is 0. The summed E-state index contributed by atoms with van der Waals surface area (Å²) < 4.78 is 12.6. The molecule has 0 N–H and O–H groups in total. The van der Waals surface area contributed by atoms with E-state index in [4.69, 9.17) is 0 Å². The van der Waals surface area contributed by atoms with Gasteiger partial charge in [-0.1, -0.05) is 12.1 Å². The van der Waals surface area contributed by atoms with Gasteiger partial charge in [-0.15, -0.1) is 0 Å². The number of benzene rings is 1. The third-order valence-electron chi connectivity index (χ3n) is 2.53. The van der Waals surface area contributed by atoms with Crippen molar-refractivity contribution in [1.82, 2.24) is 0 Å². The van der Waals surface area contributed by atoms with Crippen LogP contribution in [0.3, 0.4) is 0 Å². The zero-order valence-electron chi connectivity index (χ0n) is 7.24. The van der Waals surface area contributed by atoms with E-state index in [1.54, 1.807) is 12.1 Å². The van der Waals surface area contributed by atoms with Crippen molar-refractivity contribution in [2.75, 3.05) is 0 Å². The third kappa shape index (κ3) is 1.77. The second-order valence-corrected chi connectivity index (χ2v) is 3.55. The van der Waals surface area contributed by atoms with Gasteiger partial charge in [0.15, 0.2) is 0 Å². The lowest BCUT2D eigenvalue weighted by Gasteiger charge is -2.07. The highest BCUT2D eigenvalue weighted by Gasteiger charge is 2.31. The van der Waals surface area contributed by atoms with Gasteiger partial charge in [-0.25, -0.2) is 4.39 Å². The Bertz CT molecular complexity index is 300. The second-order valence-electron chi connectivity index (χ2n) is 3.55. The number of carbonyl (C=O) groups is 1. The summed E-state index contributed by atoms with van der Waals surface area (Å²) in [5.74, 6) is 0.243. The molecule has 0 radical (unpaired) electrons. The minimum absolute atomic E-state index is 0.0133. The van der Waals surface area contributed by atoms with Crippen LogP contribution in [0.2, 0.25) is 0 Å². The van der Waals surface area contributed by atoms with Crippen molar-refractivity contribution in [2.24, 2.45) is 5.92 Å². The van der Waals surface area contributed by atoms with Crippen LogP contribution in [0.5, 0.6) is 0 Å². The molecule has 1 aliphatic carbocycles. The molecule has 13 heavy (non-hydrogen) atoms. The monoisotopic (exact) mass is 178 g/mol. The highest BCUT2D eigenvalue weighted by Crippen LogP contribution is 2.41. The molecule has 0 aliphatic heterocycles. The molecule has 1 saturated carbocycles. The molecule has 0 amide bonds. The summed E-state index contributed by atoms with van der Waals surface area (Å²) in [5, 5.41) is 0. The molecular formula is C11H11FO. The first-order valence-corrected chi connectivity index (χ1v) is 4.52. The average molecular weight is 178 g/mol. The Kier molecular flexibility index (Phi) is 2.13. The maximum Gasteiger partial charge on any atom is 0.127 e. The molecule has 0 saturated heterocycles. The Morgan fingerprint density at radius 3 is 2.38 bits per heavy atom. The van der Waals surface area contributed by atoms with Crippen LogP contribution in [0, 0.1) is 11.7 Å². The van der Waals surface area contributed by atoms with E-state index in [0.29, 0.717) is 5.92 Å². The van der Waals surface area contributed by atoms with E-state index < -0.39 is 0 Å². The van der Waals surface area contributed by atoms with Crippen LogP contribution in [0.1, 0.15) is 24.3 Å². The molecule has 0 aromatic heterocycles. The van der Waals surface area contributed by atoms with E-state index in [2.05, 4.69) is 0 Å². The number of rotatable bonds is 3. The van der Waals surface area contributed by atoms with Gasteiger partial charge >= 0.3 is 0 Å². The Labute approximate surface area is 76.6 Å². The summed E-state index contributed by atoms with van der Waals surface area (Å²) in [4.78, 5) is 10.8. The zero-order valence-corrected chi connectivity index (χ0v) is 7.24. The van der Waals surface area contributed by atoms with E-state index in [-0.39, 0.29) is 11.7 Å². The van der Waals surface area contributed by atoms with Gasteiger partial charge in [-0.2, -0.15) is 0 Å². The second kappa shape index (κ2) is 3.29. The van der Waals surface area contributed by atoms with Gasteiger partial charge in [0.1, 0.15) is 12.1 Å². The molecule has 0 heterocycles. The Balaban J connectivity index is 2.21. The van der Waals surface area contributed by atoms with Crippen LogP contribution in [-0.4, -0.2) is 6.29 Å². The molecular weight excluding hydrogens is 167 g/mol. The standard InChI is InChI=1S/C11H11FO/c12-10-5-3-9(4-6-10)11(7-13)8-1-2-8/h3-8,11H,1-2H2. The van der Waals surface area contributed by atoms with Crippen LogP contribution < -0.4 is 0 Å². The first kappa shape index (κ1) is 8.42. The van der Waals surface area contributed by atoms with Crippen molar-refractivity contribution >= 4 is 6.29 Å². The van der Waals surface area contributed by atoms with Crippen molar-refractivity contribution in [3.8, 4) is 0 Å². The lowest BCUT2D eigenvalue weighted by molar-refractivity contribution is -0.109. The van der Waals surface area contributed by atoms with E-state index in [9.17, 15) is 9.18 Å². The molecule has 2 heteroatoms. The molecule has 0 bridgehead atoms. The van der Waals surface area contributed by atoms with Crippen molar-refractivity contribution in [3.05, 3.63) is 35.6 Å². The largest absolute Gasteiger partial charge is 0.303 e. The van der Waals surface area contributed by atoms with E-state index in [1.165, 1.54) is 12.1 Å². The van der Waals surface area contributed by atoms with Crippen LogP contribution in [-0.2, 0) is 4.79 Å². The predicted molar refractivity (Wildman–Crippen MR) is 47.9 cm³/mol. The SMILES string of the molecule is O=CC(c1ccc(F)cc1)C1CC1. The van der Waals surface area contributed by atoms with Crippen molar-refractivity contribution in [1.29, 1.82) is 0 Å². The van der Waals surface area contributed by atoms with Gasteiger partial charge in [-0.3, -0.25) is 0 Å². The highest BCUT2D eigenvalue weighted by molar-refractivity contribution is 5.63. The summed E-state index contributed by atoms with van der Waals surface area (Å²) >= 11 is 0. The van der Waals surface area contributed by atoms with Gasteiger partial charge in [-0.05, 0) is 36.5 Å². The first-order chi connectivity index (χ1) is 6.31. The number of hydrogen-bond donors (Lipinski definition) is 0.